The molecule has 1 N–H and O–H groups in total. The lowest BCUT2D eigenvalue weighted by Gasteiger charge is -2.23. The van der Waals surface area contributed by atoms with Crippen molar-refractivity contribution in [1.29, 1.82) is 0 Å². The molecular weight excluding hydrogens is 324 g/mol. The predicted molar refractivity (Wildman–Crippen MR) is 84.0 cm³/mol. The summed E-state index contributed by atoms with van der Waals surface area (Å²) >= 11 is 5.47. The fourth-order valence-electron chi connectivity index (χ4n) is 3.13. The molecule has 0 aromatic carbocycles. The zero-order valence-electron chi connectivity index (χ0n) is 12.8. The van der Waals surface area contributed by atoms with E-state index in [-0.39, 0.29) is 11.7 Å². The van der Waals surface area contributed by atoms with Gasteiger partial charge in [0.05, 0.1) is 24.7 Å². The number of hydrogen-bond donors (Lipinski definition) is 1. The minimum atomic E-state index is -2.84. The molecule has 0 saturated carbocycles. The van der Waals surface area contributed by atoms with Crippen LogP contribution in [-0.2, 0) is 34.7 Å². The Balaban J connectivity index is 1.70. The maximum atomic E-state index is 11.6. The Kier molecular flexibility index (Phi) is 4.67. The zero-order chi connectivity index (χ0) is 15.7. The maximum Gasteiger partial charge on any atom is 0.202 e. The van der Waals surface area contributed by atoms with Crippen molar-refractivity contribution in [3.05, 3.63) is 10.6 Å². The second-order valence-electron chi connectivity index (χ2n) is 6.25. The largest absolute Gasteiger partial charge is 0.370 e. The maximum absolute atomic E-state index is 11.6. The van der Waals surface area contributed by atoms with Crippen molar-refractivity contribution in [2.75, 3.05) is 37.8 Å². The highest BCUT2D eigenvalue weighted by atomic mass is 32.2. The molecule has 0 radical (unpaired) electrons. The van der Waals surface area contributed by atoms with Gasteiger partial charge in [0.2, 0.25) is 4.77 Å². The van der Waals surface area contributed by atoms with Crippen LogP contribution in [0.15, 0.2) is 0 Å². The molecule has 7 nitrogen and oxygen atoms in total. The molecule has 3 heterocycles. The molecule has 3 rings (SSSR count). The molecule has 0 bridgehead atoms. The summed E-state index contributed by atoms with van der Waals surface area (Å²) in [5, 5.41) is 4.63. The Morgan fingerprint density at radius 3 is 2.77 bits per heavy atom. The molecular formula is C13H23N4O3S2+. The van der Waals surface area contributed by atoms with Gasteiger partial charge in [-0.15, -0.1) is 0 Å². The number of ether oxygens (including phenoxy) is 1. The van der Waals surface area contributed by atoms with Crippen molar-refractivity contribution in [1.82, 2.24) is 14.3 Å². The quantitative estimate of drug-likeness (QED) is 0.693. The van der Waals surface area contributed by atoms with Crippen LogP contribution in [0, 0.1) is 10.7 Å². The lowest BCUT2D eigenvalue weighted by molar-refractivity contribution is -0.931. The first-order chi connectivity index (χ1) is 10.4. The monoisotopic (exact) mass is 347 g/mol. The van der Waals surface area contributed by atoms with E-state index in [1.807, 2.05) is 16.3 Å². The van der Waals surface area contributed by atoms with Gasteiger partial charge in [0.1, 0.15) is 18.9 Å². The molecule has 22 heavy (non-hydrogen) atoms. The van der Waals surface area contributed by atoms with Crippen LogP contribution in [0.2, 0.25) is 0 Å². The molecule has 2 saturated heterocycles. The number of sulfone groups is 1. The Labute approximate surface area is 135 Å². The Morgan fingerprint density at radius 1 is 1.41 bits per heavy atom. The van der Waals surface area contributed by atoms with Crippen LogP contribution in [0.4, 0.5) is 0 Å². The molecule has 1 aromatic rings. The highest BCUT2D eigenvalue weighted by Crippen LogP contribution is 2.21. The molecule has 2 fully saturated rings. The van der Waals surface area contributed by atoms with Gasteiger partial charge >= 0.3 is 0 Å². The topological polar surface area (TPSA) is 70.6 Å². The van der Waals surface area contributed by atoms with Gasteiger partial charge in [0, 0.05) is 13.5 Å². The number of nitrogens with zero attached hydrogens (tertiary/aromatic N) is 3. The van der Waals surface area contributed by atoms with E-state index in [9.17, 15) is 8.42 Å². The highest BCUT2D eigenvalue weighted by Gasteiger charge is 2.29. The zero-order valence-corrected chi connectivity index (χ0v) is 14.5. The van der Waals surface area contributed by atoms with Crippen LogP contribution in [0.5, 0.6) is 0 Å². The summed E-state index contributed by atoms with van der Waals surface area (Å²) in [7, 11) is -0.926. The van der Waals surface area contributed by atoms with Crippen molar-refractivity contribution in [2.24, 2.45) is 13.0 Å². The highest BCUT2D eigenvalue weighted by molar-refractivity contribution is 7.91. The third-order valence-electron chi connectivity index (χ3n) is 4.50. The van der Waals surface area contributed by atoms with Gasteiger partial charge in [-0.25, -0.2) is 8.42 Å². The average Bonchev–Trinajstić information content (AvgIpc) is 2.95. The summed E-state index contributed by atoms with van der Waals surface area (Å²) in [5.41, 5.74) is 0. The van der Waals surface area contributed by atoms with Crippen molar-refractivity contribution in [2.45, 2.75) is 19.5 Å². The third-order valence-corrected chi connectivity index (χ3v) is 6.82. The predicted octanol–water partition coefficient (Wildman–Crippen LogP) is -1.20. The first-order valence-electron chi connectivity index (χ1n) is 7.69. The second-order valence-corrected chi connectivity index (χ2v) is 8.84. The van der Waals surface area contributed by atoms with E-state index < -0.39 is 9.84 Å². The van der Waals surface area contributed by atoms with Crippen LogP contribution in [0.25, 0.3) is 0 Å². The summed E-state index contributed by atoms with van der Waals surface area (Å²) in [5.74, 6) is 1.65. The van der Waals surface area contributed by atoms with Crippen LogP contribution in [-0.4, -0.2) is 60.6 Å². The van der Waals surface area contributed by atoms with Gasteiger partial charge in [-0.3, -0.25) is 0 Å². The van der Waals surface area contributed by atoms with E-state index in [2.05, 4.69) is 5.10 Å². The number of aromatic nitrogens is 3. The third kappa shape index (κ3) is 3.58. The van der Waals surface area contributed by atoms with Gasteiger partial charge in [-0.05, 0) is 24.6 Å². The van der Waals surface area contributed by atoms with E-state index >= 15 is 0 Å². The van der Waals surface area contributed by atoms with Crippen LogP contribution >= 0.6 is 12.2 Å². The molecule has 124 valence electrons. The van der Waals surface area contributed by atoms with Crippen LogP contribution in [0.3, 0.4) is 0 Å². The summed E-state index contributed by atoms with van der Waals surface area (Å²) in [6.07, 6.45) is 1.42. The van der Waals surface area contributed by atoms with Crippen molar-refractivity contribution in [3.63, 3.8) is 0 Å². The van der Waals surface area contributed by atoms with Crippen LogP contribution < -0.4 is 4.90 Å². The second kappa shape index (κ2) is 6.38. The van der Waals surface area contributed by atoms with E-state index in [0.717, 1.165) is 45.2 Å². The fraction of sp³-hybridized carbons (Fsp3) is 0.846. The van der Waals surface area contributed by atoms with E-state index in [1.165, 1.54) is 4.90 Å². The van der Waals surface area contributed by atoms with Gasteiger partial charge in [-0.2, -0.15) is 9.78 Å². The van der Waals surface area contributed by atoms with Crippen molar-refractivity contribution >= 4 is 22.1 Å². The first kappa shape index (κ1) is 16.1. The average molecular weight is 347 g/mol. The summed E-state index contributed by atoms with van der Waals surface area (Å²) in [6.45, 7) is 4.24. The van der Waals surface area contributed by atoms with Gasteiger partial charge in [0.15, 0.2) is 16.5 Å². The van der Waals surface area contributed by atoms with Crippen LogP contribution in [0.1, 0.15) is 12.2 Å². The summed E-state index contributed by atoms with van der Waals surface area (Å²) in [4.78, 5) is 1.41. The standard InChI is InChI=1S/C13H22N4O3S2/c1-15-12(8-11-2-7-22(18,19)9-11)14-17(13(15)21)10-16-3-5-20-6-4-16/h11H,2-10H2,1H3/p+1/t11-/m1/s1. The number of morpholine rings is 1. The fourth-order valence-corrected chi connectivity index (χ4v) is 5.21. The number of rotatable bonds is 4. The molecule has 2 aliphatic rings. The lowest BCUT2D eigenvalue weighted by atomic mass is 10.1. The summed E-state index contributed by atoms with van der Waals surface area (Å²) in [6, 6.07) is 0. The van der Waals surface area contributed by atoms with Gasteiger partial charge in [0.25, 0.3) is 0 Å². The minimum Gasteiger partial charge on any atom is -0.370 e. The van der Waals surface area contributed by atoms with Crippen molar-refractivity contribution < 1.29 is 18.1 Å². The first-order valence-corrected chi connectivity index (χ1v) is 9.92. The Bertz CT molecular complexity index is 689. The molecule has 1 atom stereocenters. The number of hydrogen-bond acceptors (Lipinski definition) is 5. The number of nitrogens with one attached hydrogen (secondary N) is 1. The Hall–Kier alpha value is -0.770. The molecule has 0 amide bonds. The lowest BCUT2D eigenvalue weighted by Crippen LogP contribution is -3.13. The molecule has 0 unspecified atom stereocenters. The number of quaternary nitrogens is 1. The molecule has 2 aliphatic heterocycles. The molecule has 9 heteroatoms. The molecule has 0 spiro atoms. The van der Waals surface area contributed by atoms with Gasteiger partial charge in [-0.1, -0.05) is 0 Å². The van der Waals surface area contributed by atoms with E-state index in [4.69, 9.17) is 17.0 Å². The SMILES string of the molecule is Cn1c(C[C@H]2CCS(=O)(=O)C2)nn(C[NH+]2CCOCC2)c1=S. The normalized spacial score (nSPS) is 25.6. The molecule has 0 aliphatic carbocycles. The minimum absolute atomic E-state index is 0.171. The summed E-state index contributed by atoms with van der Waals surface area (Å²) < 4.78 is 33.0. The Morgan fingerprint density at radius 2 is 2.14 bits per heavy atom. The van der Waals surface area contributed by atoms with E-state index in [1.54, 1.807) is 0 Å². The van der Waals surface area contributed by atoms with E-state index in [0.29, 0.717) is 16.9 Å². The van der Waals surface area contributed by atoms with Gasteiger partial charge < -0.3 is 14.2 Å². The smallest absolute Gasteiger partial charge is 0.202 e. The van der Waals surface area contributed by atoms with Crippen molar-refractivity contribution in [3.8, 4) is 0 Å². The molecule has 1 aromatic heterocycles.